The Balaban J connectivity index is 1.34. The highest BCUT2D eigenvalue weighted by atomic mass is 32.2. The summed E-state index contributed by atoms with van der Waals surface area (Å²) >= 11 is 2.87. The molecule has 0 spiro atoms. The van der Waals surface area contributed by atoms with Gasteiger partial charge in [-0.05, 0) is 54.0 Å². The number of halogens is 1. The fourth-order valence-corrected chi connectivity index (χ4v) is 9.78. The number of benzene rings is 2. The van der Waals surface area contributed by atoms with Gasteiger partial charge in [0, 0.05) is 16.0 Å². The maximum atomic E-state index is 13.7. The number of para-hydroxylation sites is 1. The fourth-order valence-electron chi connectivity index (χ4n) is 6.89. The number of carbonyl (C=O) groups is 2. The number of thiazole rings is 1. The highest BCUT2D eigenvalue weighted by molar-refractivity contribution is 8.00. The van der Waals surface area contributed by atoms with Gasteiger partial charge >= 0.3 is 4.87 Å². The molecule has 0 radical (unpaired) electrons. The standard InChI is InChI=1S/C25H19FN2O3S2/c26-12-8-6-11(7-9-12)16-17-14-10-15(20(17)32-22-21(16)33-25(31)27-22)19-18(14)23(29)28(24(19)30)13-4-2-1-3-5-13/h1-9,14-20H,10H2,(H,27,31)/t14-,15+,16+,17+,18+,19+,20-/m1/s1. The summed E-state index contributed by atoms with van der Waals surface area (Å²) in [7, 11) is 0. The van der Waals surface area contributed by atoms with E-state index in [2.05, 4.69) is 4.98 Å². The monoisotopic (exact) mass is 478 g/mol. The average Bonchev–Trinajstić information content (AvgIpc) is 3.54. The van der Waals surface area contributed by atoms with Crippen molar-refractivity contribution < 1.29 is 14.0 Å². The molecule has 4 aliphatic rings. The van der Waals surface area contributed by atoms with Crippen LogP contribution < -0.4 is 9.77 Å². The Bertz CT molecular complexity index is 1350. The van der Waals surface area contributed by atoms with E-state index in [1.807, 2.05) is 30.3 Å². The van der Waals surface area contributed by atoms with Gasteiger partial charge in [0.05, 0.1) is 22.5 Å². The van der Waals surface area contributed by atoms with Crippen LogP contribution in [0.1, 0.15) is 22.8 Å². The molecule has 5 nitrogen and oxygen atoms in total. The minimum absolute atomic E-state index is 0.0584. The molecule has 166 valence electrons. The zero-order valence-electron chi connectivity index (χ0n) is 17.3. The van der Waals surface area contributed by atoms with Gasteiger partial charge in [0.15, 0.2) is 0 Å². The normalized spacial score (nSPS) is 33.8. The zero-order chi connectivity index (χ0) is 22.4. The second-order valence-corrected chi connectivity index (χ2v) is 11.6. The molecule has 1 N–H and O–H groups in total. The Morgan fingerprint density at radius 2 is 1.61 bits per heavy atom. The molecule has 2 aliphatic carbocycles. The number of hydrogen-bond acceptors (Lipinski definition) is 5. The predicted octanol–water partition coefficient (Wildman–Crippen LogP) is 4.25. The van der Waals surface area contributed by atoms with E-state index < -0.39 is 0 Å². The van der Waals surface area contributed by atoms with Gasteiger partial charge in [0.2, 0.25) is 11.8 Å². The van der Waals surface area contributed by atoms with Gasteiger partial charge < -0.3 is 4.98 Å². The summed E-state index contributed by atoms with van der Waals surface area (Å²) in [4.78, 5) is 44.6. The minimum atomic E-state index is -0.329. The minimum Gasteiger partial charge on any atom is -0.307 e. The topological polar surface area (TPSA) is 70.2 Å². The second kappa shape index (κ2) is 6.90. The number of amides is 2. The van der Waals surface area contributed by atoms with E-state index in [1.165, 1.54) is 28.4 Å². The lowest BCUT2D eigenvalue weighted by Gasteiger charge is -2.43. The van der Waals surface area contributed by atoms with E-state index >= 15 is 0 Å². The summed E-state index contributed by atoms with van der Waals surface area (Å²) in [5, 5.41) is 0.998. The molecule has 2 saturated carbocycles. The van der Waals surface area contributed by atoms with Crippen LogP contribution in [0.15, 0.2) is 64.4 Å². The Morgan fingerprint density at radius 3 is 2.33 bits per heavy atom. The van der Waals surface area contributed by atoms with Crippen molar-refractivity contribution >= 4 is 40.6 Å². The number of hydrogen-bond donors (Lipinski definition) is 1. The molecule has 2 bridgehead atoms. The molecular weight excluding hydrogens is 459 g/mol. The molecule has 7 atom stereocenters. The second-order valence-electron chi connectivity index (χ2n) is 9.36. The SMILES string of the molecule is O=C1[C@H]2[C@@H]3C[C@@H]([C@@H]2C(=O)N1c1ccccc1)[C@H]1[C@H](c2ccc(F)cc2)c2sc(=O)[nH]c2S[C@H]31. The Hall–Kier alpha value is -2.71. The molecular formula is C25H19FN2O3S2. The van der Waals surface area contributed by atoms with Crippen LogP contribution in [0.3, 0.4) is 0 Å². The van der Waals surface area contributed by atoms with E-state index in [9.17, 15) is 18.8 Å². The first kappa shape index (κ1) is 19.7. The van der Waals surface area contributed by atoms with Crippen LogP contribution in [0.25, 0.3) is 0 Å². The van der Waals surface area contributed by atoms with Crippen LogP contribution in [0.4, 0.5) is 10.1 Å². The Labute approximate surface area is 197 Å². The molecule has 33 heavy (non-hydrogen) atoms. The highest BCUT2D eigenvalue weighted by Gasteiger charge is 2.69. The van der Waals surface area contributed by atoms with E-state index in [1.54, 1.807) is 23.9 Å². The number of imide groups is 1. The van der Waals surface area contributed by atoms with Crippen molar-refractivity contribution in [1.82, 2.24) is 4.98 Å². The number of H-pyrrole nitrogens is 1. The third-order valence-corrected chi connectivity index (χ3v) is 10.6. The van der Waals surface area contributed by atoms with Crippen LogP contribution in [0.2, 0.25) is 0 Å². The third-order valence-electron chi connectivity index (χ3n) is 7.97. The highest BCUT2D eigenvalue weighted by Crippen LogP contribution is 2.68. The molecule has 8 heteroatoms. The van der Waals surface area contributed by atoms with Crippen LogP contribution in [0, 0.1) is 35.4 Å². The number of fused-ring (bicyclic) bond motifs is 9. The van der Waals surface area contributed by atoms with Crippen molar-refractivity contribution in [3.8, 4) is 0 Å². The number of aromatic nitrogens is 1. The van der Waals surface area contributed by atoms with Gasteiger partial charge in [-0.1, -0.05) is 41.7 Å². The first-order valence-electron chi connectivity index (χ1n) is 11.1. The fraction of sp³-hybridized carbons (Fsp3) is 0.320. The lowest BCUT2D eigenvalue weighted by atomic mass is 9.68. The maximum Gasteiger partial charge on any atom is 0.305 e. The first-order chi connectivity index (χ1) is 16.0. The number of nitrogens with zero attached hydrogens (tertiary/aromatic N) is 1. The van der Waals surface area contributed by atoms with Crippen LogP contribution in [-0.2, 0) is 9.59 Å². The van der Waals surface area contributed by atoms with Gasteiger partial charge in [-0.3, -0.25) is 19.3 Å². The summed E-state index contributed by atoms with van der Waals surface area (Å²) in [5.74, 6) is -0.946. The average molecular weight is 479 g/mol. The molecule has 3 aromatic rings. The molecule has 2 aliphatic heterocycles. The quantitative estimate of drug-likeness (QED) is 0.559. The van der Waals surface area contributed by atoms with Crippen molar-refractivity contribution in [1.29, 1.82) is 0 Å². The number of aromatic amines is 1. The number of carbonyl (C=O) groups excluding carboxylic acids is 2. The lowest BCUT2D eigenvalue weighted by molar-refractivity contribution is -0.123. The Kier molecular flexibility index (Phi) is 4.13. The summed E-state index contributed by atoms with van der Waals surface area (Å²) in [6.07, 6.45) is 0.842. The van der Waals surface area contributed by atoms with Crippen molar-refractivity contribution in [3.63, 3.8) is 0 Å². The van der Waals surface area contributed by atoms with Crippen LogP contribution in [0.5, 0.6) is 0 Å². The van der Waals surface area contributed by atoms with E-state index in [-0.39, 0.29) is 63.3 Å². The molecule has 1 saturated heterocycles. The van der Waals surface area contributed by atoms with Gasteiger partial charge in [-0.2, -0.15) is 0 Å². The smallest absolute Gasteiger partial charge is 0.305 e. The largest absolute Gasteiger partial charge is 0.307 e. The van der Waals surface area contributed by atoms with E-state index in [0.29, 0.717) is 5.69 Å². The van der Waals surface area contributed by atoms with Crippen LogP contribution in [-0.4, -0.2) is 22.0 Å². The van der Waals surface area contributed by atoms with Crippen molar-refractivity contribution in [2.45, 2.75) is 22.6 Å². The van der Waals surface area contributed by atoms with Crippen molar-refractivity contribution in [3.05, 3.63) is 80.5 Å². The van der Waals surface area contributed by atoms with Crippen LogP contribution >= 0.6 is 23.1 Å². The van der Waals surface area contributed by atoms with Gasteiger partial charge in [-0.15, -0.1) is 11.8 Å². The molecule has 7 rings (SSSR count). The molecule has 1 aromatic heterocycles. The van der Waals surface area contributed by atoms with E-state index in [4.69, 9.17) is 0 Å². The number of thioether (sulfide) groups is 1. The van der Waals surface area contributed by atoms with Crippen molar-refractivity contribution in [2.24, 2.45) is 29.6 Å². The molecule has 2 amide bonds. The van der Waals surface area contributed by atoms with Gasteiger partial charge in [-0.25, -0.2) is 4.39 Å². The number of anilines is 1. The summed E-state index contributed by atoms with van der Waals surface area (Å²) < 4.78 is 13.7. The van der Waals surface area contributed by atoms with Gasteiger partial charge in [0.25, 0.3) is 0 Å². The maximum absolute atomic E-state index is 13.7. The van der Waals surface area contributed by atoms with Gasteiger partial charge in [0.1, 0.15) is 5.82 Å². The summed E-state index contributed by atoms with van der Waals surface area (Å²) in [6, 6.07) is 15.7. The molecule has 3 heterocycles. The summed E-state index contributed by atoms with van der Waals surface area (Å²) in [6.45, 7) is 0. The van der Waals surface area contributed by atoms with E-state index in [0.717, 1.165) is 21.9 Å². The zero-order valence-corrected chi connectivity index (χ0v) is 18.9. The lowest BCUT2D eigenvalue weighted by Crippen LogP contribution is -2.42. The predicted molar refractivity (Wildman–Crippen MR) is 124 cm³/mol. The molecule has 2 aromatic carbocycles. The third kappa shape index (κ3) is 2.62. The molecule has 3 fully saturated rings. The number of nitrogens with one attached hydrogen (secondary N) is 1. The Morgan fingerprint density at radius 1 is 0.909 bits per heavy atom. The molecule has 0 unspecified atom stereocenters. The number of rotatable bonds is 2. The first-order valence-corrected chi connectivity index (χ1v) is 12.8. The van der Waals surface area contributed by atoms with Crippen molar-refractivity contribution in [2.75, 3.05) is 4.90 Å². The summed E-state index contributed by atoms with van der Waals surface area (Å²) in [5.41, 5.74) is 1.60.